The second-order valence-electron chi connectivity index (χ2n) is 6.92. The highest BCUT2D eigenvalue weighted by atomic mass is 16.1. The third-order valence-corrected chi connectivity index (χ3v) is 2.76. The van der Waals surface area contributed by atoms with Crippen molar-refractivity contribution in [2.75, 3.05) is 0 Å². The lowest BCUT2D eigenvalue weighted by Crippen LogP contribution is -2.53. The molecule has 0 saturated heterocycles. The van der Waals surface area contributed by atoms with Crippen LogP contribution in [0.2, 0.25) is 0 Å². The topological polar surface area (TPSA) is 29.1 Å². The monoisotopic (exact) mass is 247 g/mol. The summed E-state index contributed by atoms with van der Waals surface area (Å²) < 4.78 is 0. The molecule has 0 aromatic heterocycles. The van der Waals surface area contributed by atoms with E-state index in [-0.39, 0.29) is 22.8 Å². The van der Waals surface area contributed by atoms with Crippen molar-refractivity contribution in [2.45, 2.75) is 53.1 Å². The molecule has 1 aromatic carbocycles. The van der Waals surface area contributed by atoms with Crippen LogP contribution >= 0.6 is 0 Å². The summed E-state index contributed by atoms with van der Waals surface area (Å²) in [5.41, 5.74) is 0.581. The van der Waals surface area contributed by atoms with E-state index in [2.05, 4.69) is 46.9 Å². The fourth-order valence-corrected chi connectivity index (χ4v) is 1.88. The molecule has 2 heteroatoms. The van der Waals surface area contributed by atoms with Gasteiger partial charge in [-0.1, -0.05) is 51.1 Å². The normalized spacial score (nSPS) is 14.3. The minimum absolute atomic E-state index is 0.0810. The summed E-state index contributed by atoms with van der Waals surface area (Å²) >= 11 is 0. The van der Waals surface area contributed by atoms with E-state index >= 15 is 0 Å². The number of carbonyl (C=O) groups excluding carboxylic acids is 1. The van der Waals surface area contributed by atoms with Crippen LogP contribution < -0.4 is 5.32 Å². The molecule has 0 aliphatic rings. The maximum Gasteiger partial charge on any atom is 0.180 e. The highest BCUT2D eigenvalue weighted by Crippen LogP contribution is 2.24. The molecule has 0 heterocycles. The molecule has 1 atom stereocenters. The summed E-state index contributed by atoms with van der Waals surface area (Å²) in [6.07, 6.45) is 0. The van der Waals surface area contributed by atoms with Crippen molar-refractivity contribution in [1.82, 2.24) is 5.32 Å². The van der Waals surface area contributed by atoms with Crippen LogP contribution in [0.1, 0.15) is 51.9 Å². The van der Waals surface area contributed by atoms with Gasteiger partial charge in [0.2, 0.25) is 0 Å². The Morgan fingerprint density at radius 3 is 1.89 bits per heavy atom. The third kappa shape index (κ3) is 4.26. The smallest absolute Gasteiger partial charge is 0.180 e. The van der Waals surface area contributed by atoms with Gasteiger partial charge in [0, 0.05) is 11.1 Å². The van der Waals surface area contributed by atoms with Gasteiger partial charge in [-0.05, 0) is 26.2 Å². The molecule has 2 nitrogen and oxygen atoms in total. The van der Waals surface area contributed by atoms with E-state index in [0.717, 1.165) is 5.56 Å². The molecule has 0 spiro atoms. The second-order valence-corrected chi connectivity index (χ2v) is 6.92. The predicted octanol–water partition coefficient (Wildman–Crippen LogP) is 3.67. The number of carbonyl (C=O) groups is 1. The minimum Gasteiger partial charge on any atom is -0.302 e. The van der Waals surface area contributed by atoms with Gasteiger partial charge in [0.1, 0.15) is 0 Å². The van der Waals surface area contributed by atoms with Crippen LogP contribution in [0.3, 0.4) is 0 Å². The molecular weight excluding hydrogens is 222 g/mol. The highest BCUT2D eigenvalue weighted by molar-refractivity contribution is 6.00. The SMILES string of the molecule is CC(C)(C)NC(C(=O)c1ccccc1)C(C)(C)C. The molecule has 18 heavy (non-hydrogen) atoms. The summed E-state index contributed by atoms with van der Waals surface area (Å²) in [6, 6.07) is 9.32. The van der Waals surface area contributed by atoms with Crippen LogP contribution in [-0.2, 0) is 0 Å². The summed E-state index contributed by atoms with van der Waals surface area (Å²) in [4.78, 5) is 12.6. The Hall–Kier alpha value is -1.15. The van der Waals surface area contributed by atoms with E-state index in [4.69, 9.17) is 0 Å². The van der Waals surface area contributed by atoms with E-state index in [1.807, 2.05) is 30.3 Å². The van der Waals surface area contributed by atoms with Crippen molar-refractivity contribution in [2.24, 2.45) is 5.41 Å². The van der Waals surface area contributed by atoms with Crippen molar-refractivity contribution >= 4 is 5.78 Å². The molecule has 0 aliphatic carbocycles. The molecule has 100 valence electrons. The largest absolute Gasteiger partial charge is 0.302 e. The van der Waals surface area contributed by atoms with Crippen molar-refractivity contribution in [3.8, 4) is 0 Å². The highest BCUT2D eigenvalue weighted by Gasteiger charge is 2.34. The second kappa shape index (κ2) is 5.23. The van der Waals surface area contributed by atoms with Crippen molar-refractivity contribution in [1.29, 1.82) is 0 Å². The standard InChI is InChI=1S/C16H25NO/c1-15(2,3)14(17-16(4,5)6)13(18)12-10-8-7-9-11-12/h7-11,14,17H,1-6H3. The van der Waals surface area contributed by atoms with Gasteiger partial charge < -0.3 is 5.32 Å². The van der Waals surface area contributed by atoms with E-state index in [9.17, 15) is 4.79 Å². The van der Waals surface area contributed by atoms with Gasteiger partial charge >= 0.3 is 0 Å². The van der Waals surface area contributed by atoms with Crippen LogP contribution in [0.4, 0.5) is 0 Å². The summed E-state index contributed by atoms with van der Waals surface area (Å²) in [6.45, 7) is 12.5. The molecule has 1 N–H and O–H groups in total. The van der Waals surface area contributed by atoms with Crippen LogP contribution in [0.25, 0.3) is 0 Å². The molecular formula is C16H25NO. The fourth-order valence-electron chi connectivity index (χ4n) is 1.88. The van der Waals surface area contributed by atoms with Gasteiger partial charge in [-0.2, -0.15) is 0 Å². The predicted molar refractivity (Wildman–Crippen MR) is 76.9 cm³/mol. The first-order chi connectivity index (χ1) is 8.11. The number of ketones is 1. The Labute approximate surface area is 111 Å². The number of hydrogen-bond acceptors (Lipinski definition) is 2. The number of Topliss-reactive ketones (excluding diaryl/α,β-unsaturated/α-hetero) is 1. The van der Waals surface area contributed by atoms with Crippen LogP contribution in [0.15, 0.2) is 30.3 Å². The first-order valence-corrected chi connectivity index (χ1v) is 6.48. The van der Waals surface area contributed by atoms with Crippen LogP contribution in [0, 0.1) is 5.41 Å². The van der Waals surface area contributed by atoms with Crippen LogP contribution in [-0.4, -0.2) is 17.4 Å². The van der Waals surface area contributed by atoms with Crippen molar-refractivity contribution in [3.63, 3.8) is 0 Å². The lowest BCUT2D eigenvalue weighted by atomic mass is 9.81. The lowest BCUT2D eigenvalue weighted by Gasteiger charge is -2.36. The molecule has 0 amide bonds. The third-order valence-electron chi connectivity index (χ3n) is 2.76. The van der Waals surface area contributed by atoms with Gasteiger partial charge in [0.05, 0.1) is 6.04 Å². The van der Waals surface area contributed by atoms with E-state index in [1.165, 1.54) is 0 Å². The Balaban J connectivity index is 3.02. The van der Waals surface area contributed by atoms with Crippen molar-refractivity contribution < 1.29 is 4.79 Å². The number of nitrogens with one attached hydrogen (secondary N) is 1. The Kier molecular flexibility index (Phi) is 4.33. The van der Waals surface area contributed by atoms with Crippen molar-refractivity contribution in [3.05, 3.63) is 35.9 Å². The van der Waals surface area contributed by atoms with E-state index < -0.39 is 0 Å². The first-order valence-electron chi connectivity index (χ1n) is 6.48. The van der Waals surface area contributed by atoms with Gasteiger partial charge in [-0.15, -0.1) is 0 Å². The molecule has 0 aliphatic heterocycles. The average Bonchev–Trinajstić information content (AvgIpc) is 2.24. The summed E-state index contributed by atoms with van der Waals surface area (Å²) in [5, 5.41) is 3.44. The number of benzene rings is 1. The fraction of sp³-hybridized carbons (Fsp3) is 0.562. The zero-order valence-corrected chi connectivity index (χ0v) is 12.4. The van der Waals surface area contributed by atoms with Gasteiger partial charge in [0.15, 0.2) is 5.78 Å². The van der Waals surface area contributed by atoms with Gasteiger partial charge in [-0.25, -0.2) is 0 Å². The minimum atomic E-state index is -0.181. The zero-order chi connectivity index (χ0) is 14.0. The first kappa shape index (κ1) is 14.9. The number of rotatable bonds is 3. The van der Waals surface area contributed by atoms with E-state index in [0.29, 0.717) is 0 Å². The molecule has 0 saturated carbocycles. The lowest BCUT2D eigenvalue weighted by molar-refractivity contribution is 0.0834. The Bertz CT molecular complexity index is 395. The maximum absolute atomic E-state index is 12.6. The van der Waals surface area contributed by atoms with Gasteiger partial charge in [0.25, 0.3) is 0 Å². The molecule has 1 rings (SSSR count). The molecule has 0 fully saturated rings. The molecule has 1 unspecified atom stereocenters. The summed E-state index contributed by atoms with van der Waals surface area (Å²) in [7, 11) is 0. The zero-order valence-electron chi connectivity index (χ0n) is 12.4. The van der Waals surface area contributed by atoms with Gasteiger partial charge in [-0.3, -0.25) is 4.79 Å². The molecule has 1 aromatic rings. The Morgan fingerprint density at radius 2 is 1.50 bits per heavy atom. The molecule has 0 bridgehead atoms. The van der Waals surface area contributed by atoms with E-state index in [1.54, 1.807) is 0 Å². The maximum atomic E-state index is 12.6. The summed E-state index contributed by atoms with van der Waals surface area (Å²) in [5.74, 6) is 0.165. The number of hydrogen-bond donors (Lipinski definition) is 1. The Morgan fingerprint density at radius 1 is 1.00 bits per heavy atom. The molecule has 0 radical (unpaired) electrons. The average molecular weight is 247 g/mol. The van der Waals surface area contributed by atoms with Crippen LogP contribution in [0.5, 0.6) is 0 Å². The quantitative estimate of drug-likeness (QED) is 0.826.